The van der Waals surface area contributed by atoms with E-state index in [4.69, 9.17) is 5.73 Å². The van der Waals surface area contributed by atoms with Crippen LogP contribution in [0.5, 0.6) is 0 Å². The highest BCUT2D eigenvalue weighted by Gasteiger charge is 2.15. The Hall–Kier alpha value is -1.43. The summed E-state index contributed by atoms with van der Waals surface area (Å²) in [4.78, 5) is 12.2. The Balaban J connectivity index is 2.82. The first-order chi connectivity index (χ1) is 6.11. The third-order valence-corrected chi connectivity index (χ3v) is 3.02. The molecular weight excluding hydrogens is 188 g/mol. The number of nitrogens with two attached hydrogens (primary N) is 1. The van der Waals surface area contributed by atoms with Gasteiger partial charge in [-0.3, -0.25) is 9.20 Å². The summed E-state index contributed by atoms with van der Waals surface area (Å²) in [5.41, 5.74) is 6.01. The summed E-state index contributed by atoms with van der Waals surface area (Å²) in [6.07, 6.45) is 0. The van der Waals surface area contributed by atoms with E-state index in [1.807, 2.05) is 18.2 Å². The summed E-state index contributed by atoms with van der Waals surface area (Å²) in [6, 6.07) is 0. The fourth-order valence-electron chi connectivity index (χ4n) is 1.29. The van der Waals surface area contributed by atoms with Gasteiger partial charge in [-0.1, -0.05) is 11.3 Å². The Bertz CT molecular complexity index is 484. The molecule has 68 valence electrons. The SMILES string of the molecule is Cc1nnc2sc(C(N)=O)c(C)n12. The second-order valence-electron chi connectivity index (χ2n) is 2.75. The lowest BCUT2D eigenvalue weighted by molar-refractivity contribution is 0.100. The van der Waals surface area contributed by atoms with Crippen LogP contribution in [0.3, 0.4) is 0 Å². The second kappa shape index (κ2) is 2.53. The second-order valence-corrected chi connectivity index (χ2v) is 3.72. The molecule has 0 radical (unpaired) electrons. The summed E-state index contributed by atoms with van der Waals surface area (Å²) in [6.45, 7) is 3.67. The average molecular weight is 196 g/mol. The molecule has 0 fully saturated rings. The van der Waals surface area contributed by atoms with Crippen molar-refractivity contribution in [3.05, 3.63) is 16.4 Å². The zero-order valence-electron chi connectivity index (χ0n) is 7.24. The van der Waals surface area contributed by atoms with Gasteiger partial charge in [0.05, 0.1) is 0 Å². The fraction of sp³-hybridized carbons (Fsp3) is 0.286. The van der Waals surface area contributed by atoms with E-state index in [9.17, 15) is 4.79 Å². The van der Waals surface area contributed by atoms with Gasteiger partial charge in [-0.05, 0) is 13.8 Å². The third kappa shape index (κ3) is 1.02. The predicted molar refractivity (Wildman–Crippen MR) is 48.9 cm³/mol. The first kappa shape index (κ1) is 8.18. The minimum atomic E-state index is -0.410. The van der Waals surface area contributed by atoms with Gasteiger partial charge >= 0.3 is 0 Å². The van der Waals surface area contributed by atoms with Crippen molar-refractivity contribution >= 4 is 22.2 Å². The van der Waals surface area contributed by atoms with Crippen LogP contribution >= 0.6 is 11.3 Å². The van der Waals surface area contributed by atoms with E-state index >= 15 is 0 Å². The zero-order chi connectivity index (χ0) is 9.59. The molecule has 2 aromatic rings. The average Bonchev–Trinajstić information content (AvgIpc) is 2.55. The van der Waals surface area contributed by atoms with E-state index in [0.29, 0.717) is 9.84 Å². The standard InChI is InChI=1S/C7H8N4OS/c1-3-5(6(8)12)13-7-10-9-4(2)11(3)7/h1-2H3,(H2,8,12). The number of amides is 1. The van der Waals surface area contributed by atoms with Crippen LogP contribution in [0.15, 0.2) is 0 Å². The van der Waals surface area contributed by atoms with Crippen LogP contribution in [0.2, 0.25) is 0 Å². The number of hydrogen-bond donors (Lipinski definition) is 1. The van der Waals surface area contributed by atoms with Gasteiger partial charge in [0.1, 0.15) is 10.7 Å². The van der Waals surface area contributed by atoms with Crippen molar-refractivity contribution < 1.29 is 4.79 Å². The Kier molecular flexibility index (Phi) is 1.59. The van der Waals surface area contributed by atoms with Crippen molar-refractivity contribution in [2.24, 2.45) is 5.73 Å². The molecule has 0 aliphatic heterocycles. The van der Waals surface area contributed by atoms with Crippen molar-refractivity contribution in [3.8, 4) is 0 Å². The van der Waals surface area contributed by atoms with Gasteiger partial charge in [-0.15, -0.1) is 10.2 Å². The molecule has 2 heterocycles. The smallest absolute Gasteiger partial charge is 0.260 e. The number of carbonyl (C=O) groups is 1. The number of primary amides is 1. The van der Waals surface area contributed by atoms with Crippen LogP contribution in [-0.4, -0.2) is 20.5 Å². The summed E-state index contributed by atoms with van der Waals surface area (Å²) in [5.74, 6) is 0.364. The maximum absolute atomic E-state index is 11.0. The van der Waals surface area contributed by atoms with Crippen molar-refractivity contribution in [2.75, 3.05) is 0 Å². The molecule has 0 unspecified atom stereocenters. The minimum absolute atomic E-state index is 0.410. The molecule has 0 saturated carbocycles. The molecule has 0 aliphatic rings. The number of aryl methyl sites for hydroxylation is 2. The fourth-order valence-corrected chi connectivity index (χ4v) is 2.25. The van der Waals surface area contributed by atoms with Gasteiger partial charge in [-0.2, -0.15) is 0 Å². The number of aromatic nitrogens is 3. The molecule has 0 bridgehead atoms. The van der Waals surface area contributed by atoms with Crippen LogP contribution < -0.4 is 5.73 Å². The lowest BCUT2D eigenvalue weighted by atomic mass is 10.4. The highest BCUT2D eigenvalue weighted by atomic mass is 32.1. The Morgan fingerprint density at radius 1 is 1.46 bits per heavy atom. The molecule has 13 heavy (non-hydrogen) atoms. The molecule has 0 spiro atoms. The van der Waals surface area contributed by atoms with Crippen LogP contribution in [0.4, 0.5) is 0 Å². The molecule has 6 heteroatoms. The molecular formula is C7H8N4OS. The van der Waals surface area contributed by atoms with Crippen molar-refractivity contribution in [3.63, 3.8) is 0 Å². The highest BCUT2D eigenvalue weighted by molar-refractivity contribution is 7.19. The third-order valence-electron chi connectivity index (χ3n) is 1.88. The molecule has 0 atom stereocenters. The summed E-state index contributed by atoms with van der Waals surface area (Å²) in [7, 11) is 0. The van der Waals surface area contributed by atoms with Gasteiger partial charge in [-0.25, -0.2) is 0 Å². The van der Waals surface area contributed by atoms with E-state index in [0.717, 1.165) is 11.5 Å². The zero-order valence-corrected chi connectivity index (χ0v) is 8.05. The van der Waals surface area contributed by atoms with E-state index in [-0.39, 0.29) is 0 Å². The number of hydrogen-bond acceptors (Lipinski definition) is 4. The summed E-state index contributed by atoms with van der Waals surface area (Å²) < 4.78 is 1.82. The quantitative estimate of drug-likeness (QED) is 0.722. The van der Waals surface area contributed by atoms with E-state index in [2.05, 4.69) is 10.2 Å². The highest BCUT2D eigenvalue weighted by Crippen LogP contribution is 2.21. The van der Waals surface area contributed by atoms with Crippen molar-refractivity contribution in [2.45, 2.75) is 13.8 Å². The van der Waals surface area contributed by atoms with Gasteiger partial charge in [0, 0.05) is 5.69 Å². The molecule has 5 nitrogen and oxygen atoms in total. The largest absolute Gasteiger partial charge is 0.365 e. The normalized spacial score (nSPS) is 10.9. The first-order valence-electron chi connectivity index (χ1n) is 3.72. The monoisotopic (exact) mass is 196 g/mol. The maximum atomic E-state index is 11.0. The Morgan fingerprint density at radius 2 is 2.15 bits per heavy atom. The van der Waals surface area contributed by atoms with E-state index in [1.54, 1.807) is 0 Å². The number of thiazole rings is 1. The molecule has 1 amide bonds. The van der Waals surface area contributed by atoms with Crippen LogP contribution in [0, 0.1) is 13.8 Å². The predicted octanol–water partition coefficient (Wildman–Crippen LogP) is 0.507. The topological polar surface area (TPSA) is 73.3 Å². The number of carbonyl (C=O) groups excluding carboxylic acids is 1. The Morgan fingerprint density at radius 3 is 2.69 bits per heavy atom. The lowest BCUT2D eigenvalue weighted by Crippen LogP contribution is -2.10. The number of fused-ring (bicyclic) bond motifs is 1. The summed E-state index contributed by atoms with van der Waals surface area (Å²) >= 11 is 1.27. The first-order valence-corrected chi connectivity index (χ1v) is 4.54. The van der Waals surface area contributed by atoms with Crippen molar-refractivity contribution in [1.82, 2.24) is 14.6 Å². The van der Waals surface area contributed by atoms with Crippen LogP contribution in [-0.2, 0) is 0 Å². The summed E-state index contributed by atoms with van der Waals surface area (Å²) in [5, 5.41) is 7.79. The molecule has 0 saturated heterocycles. The lowest BCUT2D eigenvalue weighted by Gasteiger charge is -1.93. The van der Waals surface area contributed by atoms with Gasteiger partial charge < -0.3 is 5.73 Å². The number of nitrogens with zero attached hydrogens (tertiary/aromatic N) is 3. The number of rotatable bonds is 1. The minimum Gasteiger partial charge on any atom is -0.365 e. The Labute approximate surface area is 78.2 Å². The van der Waals surface area contributed by atoms with Crippen molar-refractivity contribution in [1.29, 1.82) is 0 Å². The van der Waals surface area contributed by atoms with Gasteiger partial charge in [0.2, 0.25) is 4.96 Å². The van der Waals surface area contributed by atoms with Crippen LogP contribution in [0.25, 0.3) is 4.96 Å². The van der Waals surface area contributed by atoms with E-state index in [1.165, 1.54) is 11.3 Å². The van der Waals surface area contributed by atoms with Crippen LogP contribution in [0.1, 0.15) is 21.2 Å². The maximum Gasteiger partial charge on any atom is 0.260 e. The molecule has 2 aromatic heterocycles. The molecule has 2 rings (SSSR count). The van der Waals surface area contributed by atoms with Gasteiger partial charge in [0.15, 0.2) is 0 Å². The van der Waals surface area contributed by atoms with E-state index < -0.39 is 5.91 Å². The van der Waals surface area contributed by atoms with Gasteiger partial charge in [0.25, 0.3) is 5.91 Å². The molecule has 0 aromatic carbocycles. The molecule has 0 aliphatic carbocycles. The molecule has 2 N–H and O–H groups in total.